The Morgan fingerprint density at radius 1 is 0.828 bits per heavy atom. The minimum Gasteiger partial charge on any atom is -0.756 e. The molecule has 0 bridgehead atoms. The molecule has 0 spiro atoms. The van der Waals surface area contributed by atoms with Crippen molar-refractivity contribution in [2.75, 3.05) is 13.2 Å². The van der Waals surface area contributed by atoms with E-state index in [1.54, 1.807) is 0 Å². The van der Waals surface area contributed by atoms with Crippen molar-refractivity contribution in [2.45, 2.75) is 111 Å². The number of nitrogens with zero attached hydrogens (tertiary/aromatic N) is 2. The molecule has 6 nitrogen and oxygen atoms in total. The van der Waals surface area contributed by atoms with Gasteiger partial charge in [-0.1, -0.05) is 66.2 Å². The molecule has 1 heterocycles. The lowest BCUT2D eigenvalue weighted by atomic mass is 10.2. The topological polar surface area (TPSA) is 67.4 Å². The number of hydrogen-bond donors (Lipinski definition) is 0. The summed E-state index contributed by atoms with van der Waals surface area (Å²) in [5.74, 6) is 0. The predicted octanol–water partition coefficient (Wildman–Crippen LogP) is 5.63. The molecule has 0 fully saturated rings. The van der Waals surface area contributed by atoms with Crippen molar-refractivity contribution >= 4 is 7.82 Å². The third kappa shape index (κ3) is 17.9. The zero-order valence-electron chi connectivity index (χ0n) is 19.3. The van der Waals surface area contributed by atoms with Gasteiger partial charge in [-0.2, -0.15) is 0 Å². The van der Waals surface area contributed by atoms with Gasteiger partial charge >= 0.3 is 0 Å². The molecule has 0 radical (unpaired) electrons. The van der Waals surface area contributed by atoms with Crippen LogP contribution in [0.25, 0.3) is 0 Å². The summed E-state index contributed by atoms with van der Waals surface area (Å²) in [6.07, 6.45) is 18.7. The SMILES string of the molecule is CCCCCOP(=O)([O-])OCCCCC.CCCCC[n+]1ccn(CCCC)c1. The van der Waals surface area contributed by atoms with Gasteiger partial charge in [-0.3, -0.25) is 4.57 Å². The second kappa shape index (κ2) is 19.3. The first-order chi connectivity index (χ1) is 14.0. The van der Waals surface area contributed by atoms with Crippen LogP contribution in [-0.4, -0.2) is 17.8 Å². The van der Waals surface area contributed by atoms with Crippen molar-refractivity contribution in [3.63, 3.8) is 0 Å². The molecule has 0 amide bonds. The number of unbranched alkanes of at least 4 members (excludes halogenated alkanes) is 7. The highest BCUT2D eigenvalue weighted by molar-refractivity contribution is 7.45. The van der Waals surface area contributed by atoms with Crippen LogP contribution in [0.1, 0.15) is 98.3 Å². The maximum atomic E-state index is 11.1. The Hall–Kier alpha value is -0.680. The van der Waals surface area contributed by atoms with Crippen LogP contribution in [0.5, 0.6) is 0 Å². The first-order valence-electron chi connectivity index (χ1n) is 11.6. The zero-order chi connectivity index (χ0) is 21.8. The summed E-state index contributed by atoms with van der Waals surface area (Å²) in [6.45, 7) is 11.4. The molecule has 0 aliphatic rings. The fourth-order valence-electron chi connectivity index (χ4n) is 2.68. The van der Waals surface area contributed by atoms with Crippen molar-refractivity contribution in [3.05, 3.63) is 18.7 Å². The third-order valence-electron chi connectivity index (χ3n) is 4.53. The third-order valence-corrected chi connectivity index (χ3v) is 5.53. The average Bonchev–Trinajstić information content (AvgIpc) is 3.15. The molecule has 0 saturated heterocycles. The van der Waals surface area contributed by atoms with E-state index in [0.29, 0.717) is 0 Å². The Morgan fingerprint density at radius 3 is 1.86 bits per heavy atom. The molecule has 172 valence electrons. The van der Waals surface area contributed by atoms with Crippen LogP contribution < -0.4 is 9.46 Å². The molecule has 0 aromatic carbocycles. The first-order valence-corrected chi connectivity index (χ1v) is 13.1. The van der Waals surface area contributed by atoms with Crippen LogP contribution in [0.15, 0.2) is 18.7 Å². The van der Waals surface area contributed by atoms with Crippen LogP contribution in [0.4, 0.5) is 0 Å². The Balaban J connectivity index is 0.000000541. The van der Waals surface area contributed by atoms with Crippen LogP contribution in [0.2, 0.25) is 0 Å². The summed E-state index contributed by atoms with van der Waals surface area (Å²) in [7, 11) is -4.02. The number of imidazole rings is 1. The van der Waals surface area contributed by atoms with Gasteiger partial charge in [0, 0.05) is 0 Å². The van der Waals surface area contributed by atoms with E-state index >= 15 is 0 Å². The smallest absolute Gasteiger partial charge is 0.267 e. The number of rotatable bonds is 17. The highest BCUT2D eigenvalue weighted by Gasteiger charge is 2.08. The molecule has 0 aliphatic carbocycles. The Kier molecular flexibility index (Phi) is 18.8. The van der Waals surface area contributed by atoms with E-state index in [1.807, 2.05) is 0 Å². The quantitative estimate of drug-likeness (QED) is 0.182. The molecule has 0 N–H and O–H groups in total. The predicted molar refractivity (Wildman–Crippen MR) is 118 cm³/mol. The normalized spacial score (nSPS) is 11.3. The van der Waals surface area contributed by atoms with Crippen molar-refractivity contribution in [3.8, 4) is 0 Å². The van der Waals surface area contributed by atoms with Crippen molar-refractivity contribution in [2.24, 2.45) is 0 Å². The van der Waals surface area contributed by atoms with E-state index < -0.39 is 7.82 Å². The van der Waals surface area contributed by atoms with E-state index in [-0.39, 0.29) is 13.2 Å². The fraction of sp³-hybridized carbons (Fsp3) is 0.864. The van der Waals surface area contributed by atoms with E-state index in [9.17, 15) is 9.46 Å². The van der Waals surface area contributed by atoms with Crippen LogP contribution in [-0.2, 0) is 26.7 Å². The molecule has 0 unspecified atom stereocenters. The Labute approximate surface area is 179 Å². The highest BCUT2D eigenvalue weighted by Crippen LogP contribution is 2.38. The second-order valence-corrected chi connectivity index (χ2v) is 8.89. The molecular weight excluding hydrogens is 387 g/mol. The molecule has 1 aromatic heterocycles. The van der Waals surface area contributed by atoms with Crippen LogP contribution in [0, 0.1) is 0 Å². The average molecular weight is 433 g/mol. The molecule has 29 heavy (non-hydrogen) atoms. The van der Waals surface area contributed by atoms with Gasteiger partial charge in [-0.05, 0) is 32.1 Å². The van der Waals surface area contributed by atoms with E-state index in [2.05, 4.69) is 64.6 Å². The molecule has 1 rings (SSSR count). The molecule has 7 heteroatoms. The largest absolute Gasteiger partial charge is 0.756 e. The minimum atomic E-state index is -4.02. The summed E-state index contributed by atoms with van der Waals surface area (Å²) >= 11 is 0. The van der Waals surface area contributed by atoms with Crippen LogP contribution >= 0.6 is 7.82 Å². The maximum Gasteiger partial charge on any atom is 0.267 e. The van der Waals surface area contributed by atoms with E-state index in [0.717, 1.165) is 45.1 Å². The fourth-order valence-corrected chi connectivity index (χ4v) is 3.46. The highest BCUT2D eigenvalue weighted by atomic mass is 31.2. The van der Waals surface area contributed by atoms with Crippen LogP contribution in [0.3, 0.4) is 0 Å². The number of aryl methyl sites for hydroxylation is 2. The van der Waals surface area contributed by atoms with Crippen molar-refractivity contribution in [1.29, 1.82) is 0 Å². The molecular formula is C22H45N2O4P. The zero-order valence-corrected chi connectivity index (χ0v) is 20.2. The number of phosphoric ester groups is 1. The van der Waals surface area contributed by atoms with Crippen molar-refractivity contribution < 1.29 is 23.1 Å². The van der Waals surface area contributed by atoms with Gasteiger partial charge < -0.3 is 13.9 Å². The lowest BCUT2D eigenvalue weighted by Crippen LogP contribution is -2.30. The molecule has 0 aliphatic heterocycles. The first kappa shape index (κ1) is 28.3. The molecule has 1 aromatic rings. The maximum absolute atomic E-state index is 11.1. The Bertz CT molecular complexity index is 507. The summed E-state index contributed by atoms with van der Waals surface area (Å²) < 4.78 is 25.1. The standard InChI is InChI=1S/C12H23N2.C10H23O4P/c1-3-5-7-9-14-11-10-13(12-14)8-6-4-2;1-3-5-7-9-13-15(11,12)14-10-8-6-4-2/h10-12H,3-9H2,1-2H3;3-10H2,1-2H3,(H,11,12)/q+1;/p-1. The lowest BCUT2D eigenvalue weighted by Gasteiger charge is -2.22. The number of phosphoric acid groups is 1. The number of aromatic nitrogens is 2. The summed E-state index contributed by atoms with van der Waals surface area (Å²) in [4.78, 5) is 11.1. The van der Waals surface area contributed by atoms with Gasteiger partial charge in [0.05, 0.1) is 26.3 Å². The van der Waals surface area contributed by atoms with Gasteiger partial charge in [0.15, 0.2) is 0 Å². The van der Waals surface area contributed by atoms with Gasteiger partial charge in [0.1, 0.15) is 12.4 Å². The lowest BCUT2D eigenvalue weighted by molar-refractivity contribution is -0.696. The van der Waals surface area contributed by atoms with Gasteiger partial charge in [-0.25, -0.2) is 9.13 Å². The monoisotopic (exact) mass is 432 g/mol. The summed E-state index contributed by atoms with van der Waals surface area (Å²) in [5.41, 5.74) is 0. The van der Waals surface area contributed by atoms with Gasteiger partial charge in [-0.15, -0.1) is 0 Å². The second-order valence-electron chi connectivity index (χ2n) is 7.48. The van der Waals surface area contributed by atoms with Gasteiger partial charge in [0.2, 0.25) is 6.33 Å². The molecule has 0 saturated carbocycles. The summed E-state index contributed by atoms with van der Waals surface area (Å²) in [6, 6.07) is 0. The molecule has 0 atom stereocenters. The van der Waals surface area contributed by atoms with E-state index in [4.69, 9.17) is 0 Å². The van der Waals surface area contributed by atoms with Gasteiger partial charge in [0.25, 0.3) is 7.82 Å². The minimum absolute atomic E-state index is 0.238. The summed E-state index contributed by atoms with van der Waals surface area (Å²) in [5, 5.41) is 0. The van der Waals surface area contributed by atoms with E-state index in [1.165, 1.54) is 38.6 Å². The van der Waals surface area contributed by atoms with Crippen molar-refractivity contribution in [1.82, 2.24) is 4.57 Å². The number of hydrogen-bond acceptors (Lipinski definition) is 4. The Morgan fingerprint density at radius 2 is 1.34 bits per heavy atom.